The maximum Gasteiger partial charge on any atom is 0.240 e. The van der Waals surface area contributed by atoms with Crippen molar-refractivity contribution in [2.45, 2.75) is 54.7 Å². The number of aromatic nitrogens is 2. The molecule has 1 saturated heterocycles. The Bertz CT molecular complexity index is 1850. The van der Waals surface area contributed by atoms with E-state index in [1.54, 1.807) is 53.4 Å². The lowest BCUT2D eigenvalue weighted by atomic mass is 9.91. The fourth-order valence-corrected chi connectivity index (χ4v) is 8.46. The summed E-state index contributed by atoms with van der Waals surface area (Å²) in [7, 11) is -3.65. The molecule has 1 aromatic heterocycles. The SMILES string of the molecule is Cc1nnc(SC[C@H]2O[C@@H](c3ccc(-c4ccccc4CNS(=O)(=O)c4ccccc4)cc3)O[C@@H](c3ccc(CO)cc3)[C@H]2C)s1. The van der Waals surface area contributed by atoms with E-state index in [0.29, 0.717) is 5.75 Å². The van der Waals surface area contributed by atoms with Gasteiger partial charge in [-0.2, -0.15) is 0 Å². The standard InChI is InChI=1S/C35H35N3O5S3/c1-23-32(22-44-35-38-37-24(2)45-35)42-34(43-33(23)27-14-12-25(21-39)13-15-27)28-18-16-26(17-19-28)31-11-7-6-8-29(31)20-36-46(40,41)30-9-4-3-5-10-30/h3-19,23,32-34,36,39H,20-22H2,1-2H3/t23-,32+,33+,34+/m0/s1. The van der Waals surface area contributed by atoms with Crippen molar-refractivity contribution in [2.75, 3.05) is 5.75 Å². The third-order valence-electron chi connectivity index (χ3n) is 8.02. The minimum absolute atomic E-state index is 0.0119. The second-order valence-corrected chi connectivity index (χ2v) is 15.4. The summed E-state index contributed by atoms with van der Waals surface area (Å²) in [6.07, 6.45) is -0.928. The van der Waals surface area contributed by atoms with E-state index in [4.69, 9.17) is 9.47 Å². The number of hydrogen-bond acceptors (Lipinski definition) is 9. The highest BCUT2D eigenvalue weighted by atomic mass is 32.2. The second-order valence-electron chi connectivity index (χ2n) is 11.1. The average molecular weight is 674 g/mol. The van der Waals surface area contributed by atoms with E-state index < -0.39 is 16.3 Å². The molecule has 8 nitrogen and oxygen atoms in total. The highest BCUT2D eigenvalue weighted by Gasteiger charge is 2.38. The molecular formula is C35H35N3O5S3. The Morgan fingerprint density at radius 3 is 2.26 bits per heavy atom. The maximum atomic E-state index is 12.9. The molecule has 1 fully saturated rings. The Hall–Kier alpha value is -3.42. The molecule has 2 N–H and O–H groups in total. The second kappa shape index (κ2) is 14.6. The molecule has 0 unspecified atom stereocenters. The van der Waals surface area contributed by atoms with Gasteiger partial charge < -0.3 is 14.6 Å². The number of nitrogens with one attached hydrogen (secondary N) is 1. The fraction of sp³-hybridized carbons (Fsp3) is 0.257. The number of aryl methyl sites for hydroxylation is 1. The quantitative estimate of drug-likeness (QED) is 0.143. The van der Waals surface area contributed by atoms with Gasteiger partial charge in [0.1, 0.15) is 5.01 Å². The van der Waals surface area contributed by atoms with Crippen LogP contribution in [-0.2, 0) is 32.6 Å². The fourth-order valence-electron chi connectivity index (χ4n) is 5.43. The van der Waals surface area contributed by atoms with Crippen molar-refractivity contribution in [3.8, 4) is 11.1 Å². The Labute approximate surface area is 277 Å². The van der Waals surface area contributed by atoms with Crippen molar-refractivity contribution in [3.05, 3.63) is 130 Å². The van der Waals surface area contributed by atoms with Crippen LogP contribution in [0.15, 0.2) is 112 Å². The zero-order valence-corrected chi connectivity index (χ0v) is 27.9. The largest absolute Gasteiger partial charge is 0.392 e. The van der Waals surface area contributed by atoms with Gasteiger partial charge in [-0.05, 0) is 46.9 Å². The summed E-state index contributed by atoms with van der Waals surface area (Å²) < 4.78 is 42.6. The number of ether oxygens (including phenoxy) is 2. The van der Waals surface area contributed by atoms with Crippen LogP contribution < -0.4 is 4.72 Å². The summed E-state index contributed by atoms with van der Waals surface area (Å²) in [4.78, 5) is 0.233. The molecule has 0 bridgehead atoms. The van der Waals surface area contributed by atoms with Gasteiger partial charge in [0, 0.05) is 23.8 Å². The van der Waals surface area contributed by atoms with Gasteiger partial charge in [0.15, 0.2) is 10.6 Å². The van der Waals surface area contributed by atoms with Crippen molar-refractivity contribution < 1.29 is 23.0 Å². The number of thioether (sulfide) groups is 1. The first-order chi connectivity index (χ1) is 22.3. The maximum absolute atomic E-state index is 12.9. The Kier molecular flexibility index (Phi) is 10.3. The van der Waals surface area contributed by atoms with Gasteiger partial charge in [-0.1, -0.05) is 121 Å². The molecule has 5 aromatic rings. The van der Waals surface area contributed by atoms with Crippen molar-refractivity contribution >= 4 is 33.1 Å². The summed E-state index contributed by atoms with van der Waals surface area (Å²) in [5, 5.41) is 18.9. The number of hydrogen-bond donors (Lipinski definition) is 2. The first kappa shape index (κ1) is 32.5. The monoisotopic (exact) mass is 673 g/mol. The summed E-state index contributed by atoms with van der Waals surface area (Å²) in [5.74, 6) is 0.758. The molecule has 0 radical (unpaired) electrons. The van der Waals surface area contributed by atoms with Crippen LogP contribution in [-0.4, -0.2) is 35.6 Å². The molecular weight excluding hydrogens is 639 g/mol. The Balaban J connectivity index is 1.22. The molecule has 238 valence electrons. The minimum Gasteiger partial charge on any atom is -0.392 e. The predicted molar refractivity (Wildman–Crippen MR) is 181 cm³/mol. The van der Waals surface area contributed by atoms with Crippen molar-refractivity contribution in [2.24, 2.45) is 5.92 Å². The van der Waals surface area contributed by atoms with Crippen LogP contribution >= 0.6 is 23.1 Å². The van der Waals surface area contributed by atoms with Gasteiger partial charge in [0.05, 0.1) is 23.7 Å². The summed E-state index contributed by atoms with van der Waals surface area (Å²) in [5.41, 5.74) is 5.52. The zero-order chi connectivity index (χ0) is 32.1. The van der Waals surface area contributed by atoms with Crippen molar-refractivity contribution in [1.29, 1.82) is 0 Å². The van der Waals surface area contributed by atoms with Crippen LogP contribution in [0.5, 0.6) is 0 Å². The molecule has 46 heavy (non-hydrogen) atoms. The lowest BCUT2D eigenvalue weighted by Crippen LogP contribution is -2.38. The molecule has 1 aliphatic heterocycles. The van der Waals surface area contributed by atoms with Crippen LogP contribution in [0.2, 0.25) is 0 Å². The normalized spacial score (nSPS) is 20.1. The minimum atomic E-state index is -3.65. The summed E-state index contributed by atoms with van der Waals surface area (Å²) in [6, 6.07) is 32.1. The molecule has 0 spiro atoms. The molecule has 1 aliphatic rings. The van der Waals surface area contributed by atoms with E-state index in [2.05, 4.69) is 21.8 Å². The molecule has 6 rings (SSSR count). The summed E-state index contributed by atoms with van der Waals surface area (Å²) >= 11 is 3.21. The highest BCUT2D eigenvalue weighted by Crippen LogP contribution is 2.43. The highest BCUT2D eigenvalue weighted by molar-refractivity contribution is 8.01. The van der Waals surface area contributed by atoms with Crippen LogP contribution in [0.25, 0.3) is 11.1 Å². The van der Waals surface area contributed by atoms with E-state index in [0.717, 1.165) is 42.7 Å². The molecule has 0 aliphatic carbocycles. The van der Waals surface area contributed by atoms with Crippen LogP contribution in [0.1, 0.15) is 46.6 Å². The smallest absolute Gasteiger partial charge is 0.240 e. The first-order valence-electron chi connectivity index (χ1n) is 15.0. The van der Waals surface area contributed by atoms with Gasteiger partial charge in [0.25, 0.3) is 0 Å². The molecule has 0 saturated carbocycles. The number of aliphatic hydroxyl groups excluding tert-OH is 1. The van der Waals surface area contributed by atoms with Gasteiger partial charge in [-0.25, -0.2) is 13.1 Å². The molecule has 11 heteroatoms. The predicted octanol–water partition coefficient (Wildman–Crippen LogP) is 7.07. The van der Waals surface area contributed by atoms with Gasteiger partial charge >= 0.3 is 0 Å². The first-order valence-corrected chi connectivity index (χ1v) is 18.3. The van der Waals surface area contributed by atoms with Gasteiger partial charge in [-0.15, -0.1) is 10.2 Å². The molecule has 4 atom stereocenters. The lowest BCUT2D eigenvalue weighted by molar-refractivity contribution is -0.268. The number of aliphatic hydroxyl groups is 1. The van der Waals surface area contributed by atoms with Crippen LogP contribution in [0.4, 0.5) is 0 Å². The number of sulfonamides is 1. The van der Waals surface area contributed by atoms with Gasteiger partial charge in [-0.3, -0.25) is 0 Å². The van der Waals surface area contributed by atoms with E-state index >= 15 is 0 Å². The van der Waals surface area contributed by atoms with Crippen molar-refractivity contribution in [3.63, 3.8) is 0 Å². The topological polar surface area (TPSA) is 111 Å². The lowest BCUT2D eigenvalue weighted by Gasteiger charge is -2.41. The van der Waals surface area contributed by atoms with E-state index in [1.807, 2.05) is 79.7 Å². The van der Waals surface area contributed by atoms with E-state index in [-0.39, 0.29) is 36.2 Å². The Morgan fingerprint density at radius 2 is 1.57 bits per heavy atom. The number of rotatable bonds is 11. The zero-order valence-electron chi connectivity index (χ0n) is 25.4. The van der Waals surface area contributed by atoms with Crippen LogP contribution in [0.3, 0.4) is 0 Å². The van der Waals surface area contributed by atoms with E-state index in [9.17, 15) is 13.5 Å². The van der Waals surface area contributed by atoms with E-state index in [1.165, 1.54) is 0 Å². The molecule has 4 aromatic carbocycles. The Morgan fingerprint density at radius 1 is 0.870 bits per heavy atom. The number of nitrogens with zero attached hydrogens (tertiary/aromatic N) is 2. The summed E-state index contributed by atoms with van der Waals surface area (Å²) in [6.45, 7) is 4.24. The average Bonchev–Trinajstić information content (AvgIpc) is 3.52. The van der Waals surface area contributed by atoms with Crippen LogP contribution in [0, 0.1) is 12.8 Å². The molecule has 0 amide bonds. The molecule has 2 heterocycles. The third kappa shape index (κ3) is 7.58. The number of benzene rings is 4. The third-order valence-corrected chi connectivity index (χ3v) is 11.5. The van der Waals surface area contributed by atoms with Crippen molar-refractivity contribution in [1.82, 2.24) is 14.9 Å². The van der Waals surface area contributed by atoms with Gasteiger partial charge in [0.2, 0.25) is 10.0 Å².